The van der Waals surface area contributed by atoms with Gasteiger partial charge in [0, 0.05) is 6.20 Å². The van der Waals surface area contributed by atoms with E-state index in [-0.39, 0.29) is 0 Å². The molecule has 1 N–H and O–H groups in total. The van der Waals surface area contributed by atoms with Crippen LogP contribution in [-0.4, -0.2) is 15.6 Å². The van der Waals surface area contributed by atoms with Gasteiger partial charge >= 0.3 is 12.1 Å². The van der Waals surface area contributed by atoms with Crippen molar-refractivity contribution in [3.8, 4) is 0 Å². The van der Waals surface area contributed by atoms with Crippen LogP contribution in [0.3, 0.4) is 0 Å². The maximum atomic E-state index is 12.1. The molecule has 0 spiro atoms. The average Bonchev–Trinajstić information content (AvgIpc) is 2.31. The SMILES string of the molecule is O=C(O)Cn1cccc1C(F)(F)F. The molecule has 0 saturated heterocycles. The molecule has 13 heavy (non-hydrogen) atoms. The van der Waals surface area contributed by atoms with Crippen LogP contribution in [0.5, 0.6) is 0 Å². The molecule has 0 atom stereocenters. The van der Waals surface area contributed by atoms with Crippen molar-refractivity contribution in [2.45, 2.75) is 12.7 Å². The van der Waals surface area contributed by atoms with E-state index in [4.69, 9.17) is 5.11 Å². The molecule has 0 saturated carbocycles. The first-order valence-electron chi connectivity index (χ1n) is 3.35. The molecule has 0 radical (unpaired) electrons. The minimum Gasteiger partial charge on any atom is -0.480 e. The maximum Gasteiger partial charge on any atom is 0.431 e. The Labute approximate surface area is 71.4 Å². The second-order valence-electron chi connectivity index (χ2n) is 2.41. The molecule has 3 nitrogen and oxygen atoms in total. The third-order valence-electron chi connectivity index (χ3n) is 1.43. The Bertz CT molecular complexity index is 316. The Morgan fingerprint density at radius 2 is 2.15 bits per heavy atom. The van der Waals surface area contributed by atoms with Gasteiger partial charge in [0.1, 0.15) is 12.2 Å². The van der Waals surface area contributed by atoms with Gasteiger partial charge in [-0.2, -0.15) is 13.2 Å². The summed E-state index contributed by atoms with van der Waals surface area (Å²) in [5.74, 6) is -1.30. The lowest BCUT2D eigenvalue weighted by Crippen LogP contribution is -2.16. The Balaban J connectivity index is 2.96. The van der Waals surface area contributed by atoms with Crippen LogP contribution < -0.4 is 0 Å². The topological polar surface area (TPSA) is 42.2 Å². The summed E-state index contributed by atoms with van der Waals surface area (Å²) in [5.41, 5.74) is -0.949. The highest BCUT2D eigenvalue weighted by Crippen LogP contribution is 2.29. The number of aromatic nitrogens is 1. The van der Waals surface area contributed by atoms with Crippen molar-refractivity contribution in [2.75, 3.05) is 0 Å². The molecule has 0 bridgehead atoms. The maximum absolute atomic E-state index is 12.1. The Morgan fingerprint density at radius 3 is 2.62 bits per heavy atom. The van der Waals surface area contributed by atoms with Gasteiger partial charge in [-0.25, -0.2) is 0 Å². The van der Waals surface area contributed by atoms with Crippen molar-refractivity contribution in [2.24, 2.45) is 0 Å². The number of nitrogens with zero attached hydrogens (tertiary/aromatic N) is 1. The molecule has 0 aliphatic heterocycles. The van der Waals surface area contributed by atoms with E-state index in [1.165, 1.54) is 0 Å². The minimum atomic E-state index is -4.50. The van der Waals surface area contributed by atoms with Crippen molar-refractivity contribution in [1.82, 2.24) is 4.57 Å². The number of alkyl halides is 3. The largest absolute Gasteiger partial charge is 0.480 e. The summed E-state index contributed by atoms with van der Waals surface area (Å²) in [4.78, 5) is 10.2. The van der Waals surface area contributed by atoms with E-state index >= 15 is 0 Å². The Morgan fingerprint density at radius 1 is 1.54 bits per heavy atom. The molecule has 72 valence electrons. The van der Waals surface area contributed by atoms with Gasteiger partial charge in [-0.05, 0) is 12.1 Å². The van der Waals surface area contributed by atoms with Gasteiger partial charge in [0.2, 0.25) is 0 Å². The van der Waals surface area contributed by atoms with Gasteiger partial charge in [0.15, 0.2) is 0 Å². The molecule has 0 aliphatic rings. The van der Waals surface area contributed by atoms with E-state index in [0.717, 1.165) is 18.3 Å². The monoisotopic (exact) mass is 193 g/mol. The summed E-state index contributed by atoms with van der Waals surface area (Å²) in [7, 11) is 0. The van der Waals surface area contributed by atoms with E-state index < -0.39 is 24.4 Å². The third-order valence-corrected chi connectivity index (χ3v) is 1.43. The van der Waals surface area contributed by atoms with Gasteiger partial charge in [-0.3, -0.25) is 4.79 Å². The molecule has 1 rings (SSSR count). The van der Waals surface area contributed by atoms with Crippen LogP contribution in [0.1, 0.15) is 5.69 Å². The van der Waals surface area contributed by atoms with Crippen molar-refractivity contribution >= 4 is 5.97 Å². The highest BCUT2D eigenvalue weighted by atomic mass is 19.4. The fourth-order valence-corrected chi connectivity index (χ4v) is 0.955. The smallest absolute Gasteiger partial charge is 0.431 e. The Kier molecular flexibility index (Phi) is 2.31. The van der Waals surface area contributed by atoms with Crippen LogP contribution in [0.2, 0.25) is 0 Å². The quantitative estimate of drug-likeness (QED) is 0.774. The zero-order valence-electron chi connectivity index (χ0n) is 6.38. The van der Waals surface area contributed by atoms with Crippen molar-refractivity contribution < 1.29 is 23.1 Å². The summed E-state index contributed by atoms with van der Waals surface area (Å²) < 4.78 is 37.0. The fourth-order valence-electron chi connectivity index (χ4n) is 0.955. The first-order chi connectivity index (χ1) is 5.91. The van der Waals surface area contributed by atoms with E-state index in [1.807, 2.05) is 0 Å². The Hall–Kier alpha value is -1.46. The summed E-state index contributed by atoms with van der Waals surface area (Å²) in [6, 6.07) is 1.99. The highest BCUT2D eigenvalue weighted by Gasteiger charge is 2.33. The molecule has 0 aromatic carbocycles. The molecule has 0 unspecified atom stereocenters. The normalized spacial score (nSPS) is 11.6. The van der Waals surface area contributed by atoms with Crippen LogP contribution in [0, 0.1) is 0 Å². The number of carboxylic acid groups (broad SMARTS) is 1. The second-order valence-corrected chi connectivity index (χ2v) is 2.41. The van der Waals surface area contributed by atoms with Crippen LogP contribution in [0.15, 0.2) is 18.3 Å². The van der Waals surface area contributed by atoms with Gasteiger partial charge in [0.25, 0.3) is 0 Å². The summed E-state index contributed by atoms with van der Waals surface area (Å²) in [6.07, 6.45) is -3.42. The van der Waals surface area contributed by atoms with Crippen LogP contribution >= 0.6 is 0 Å². The lowest BCUT2D eigenvalue weighted by molar-refractivity contribution is -0.146. The molecule has 1 heterocycles. The van der Waals surface area contributed by atoms with E-state index in [2.05, 4.69) is 0 Å². The molecular formula is C7H6F3NO2. The number of rotatable bonds is 2. The lowest BCUT2D eigenvalue weighted by atomic mass is 10.4. The zero-order chi connectivity index (χ0) is 10.1. The number of aliphatic carboxylic acids is 1. The van der Waals surface area contributed by atoms with Crippen LogP contribution in [0.25, 0.3) is 0 Å². The van der Waals surface area contributed by atoms with E-state index in [1.54, 1.807) is 0 Å². The van der Waals surface area contributed by atoms with Gasteiger partial charge in [0.05, 0.1) is 0 Å². The number of hydrogen-bond donors (Lipinski definition) is 1. The molecular weight excluding hydrogens is 187 g/mol. The second kappa shape index (κ2) is 3.12. The lowest BCUT2D eigenvalue weighted by Gasteiger charge is -2.09. The molecule has 0 aliphatic carbocycles. The van der Waals surface area contributed by atoms with E-state index in [0.29, 0.717) is 4.57 Å². The average molecular weight is 193 g/mol. The van der Waals surface area contributed by atoms with E-state index in [9.17, 15) is 18.0 Å². The number of halogens is 3. The van der Waals surface area contributed by atoms with Crippen LogP contribution in [-0.2, 0) is 17.5 Å². The van der Waals surface area contributed by atoms with Gasteiger partial charge in [-0.15, -0.1) is 0 Å². The summed E-state index contributed by atoms with van der Waals surface area (Å²) in [6.45, 7) is -0.679. The molecule has 0 fully saturated rings. The van der Waals surface area contributed by atoms with Crippen molar-refractivity contribution in [3.63, 3.8) is 0 Å². The first kappa shape index (κ1) is 9.63. The third kappa shape index (κ3) is 2.24. The fraction of sp³-hybridized carbons (Fsp3) is 0.286. The van der Waals surface area contributed by atoms with Crippen LogP contribution in [0.4, 0.5) is 13.2 Å². The van der Waals surface area contributed by atoms with Gasteiger partial charge in [-0.1, -0.05) is 0 Å². The molecule has 6 heteroatoms. The zero-order valence-corrected chi connectivity index (χ0v) is 6.38. The molecule has 1 aromatic rings. The summed E-state index contributed by atoms with van der Waals surface area (Å²) in [5, 5.41) is 8.29. The summed E-state index contributed by atoms with van der Waals surface area (Å²) >= 11 is 0. The highest BCUT2D eigenvalue weighted by molar-refractivity contribution is 5.66. The number of hydrogen-bond acceptors (Lipinski definition) is 1. The predicted molar refractivity (Wildman–Crippen MR) is 37.1 cm³/mol. The minimum absolute atomic E-state index is 0.641. The van der Waals surface area contributed by atoms with Gasteiger partial charge < -0.3 is 9.67 Å². The van der Waals surface area contributed by atoms with Crippen molar-refractivity contribution in [3.05, 3.63) is 24.0 Å². The first-order valence-corrected chi connectivity index (χ1v) is 3.35. The number of carboxylic acids is 1. The predicted octanol–water partition coefficient (Wildman–Crippen LogP) is 1.59. The standard InChI is InChI=1S/C7H6F3NO2/c8-7(9,10)5-2-1-3-11(5)4-6(12)13/h1-3H,4H2,(H,12,13). The molecule has 1 aromatic heterocycles. The molecule has 0 amide bonds. The number of carbonyl (C=O) groups is 1. The van der Waals surface area contributed by atoms with Crippen molar-refractivity contribution in [1.29, 1.82) is 0 Å².